The molecule has 0 aliphatic carbocycles. The molecular weight excluding hydrogens is 285 g/mol. The summed E-state index contributed by atoms with van der Waals surface area (Å²) in [7, 11) is 0. The number of piperidine rings is 1. The molecule has 8 heteroatoms. The number of aromatic nitrogens is 1. The molecule has 3 N–H and O–H groups in total. The van der Waals surface area contributed by atoms with Gasteiger partial charge in [-0.2, -0.15) is 13.2 Å². The van der Waals surface area contributed by atoms with E-state index < -0.39 is 11.9 Å². The average Bonchev–Trinajstić information content (AvgIpc) is 2.38. The number of hydrogen-bond acceptors (Lipinski definition) is 4. The van der Waals surface area contributed by atoms with Gasteiger partial charge in [-0.05, 0) is 18.9 Å². The lowest BCUT2D eigenvalue weighted by Gasteiger charge is -2.34. The van der Waals surface area contributed by atoms with Crippen molar-refractivity contribution in [2.45, 2.75) is 32.0 Å². The normalized spacial score (nSPS) is 16.9. The van der Waals surface area contributed by atoms with Gasteiger partial charge in [0.05, 0.1) is 17.6 Å². The third-order valence-corrected chi connectivity index (χ3v) is 3.45. The van der Waals surface area contributed by atoms with Crippen molar-refractivity contribution in [2.75, 3.05) is 23.7 Å². The maximum atomic E-state index is 12.7. The van der Waals surface area contributed by atoms with E-state index in [-0.39, 0.29) is 17.6 Å². The van der Waals surface area contributed by atoms with Gasteiger partial charge in [0.15, 0.2) is 0 Å². The van der Waals surface area contributed by atoms with Crippen molar-refractivity contribution in [2.24, 2.45) is 0 Å². The SMILES string of the molecule is CC(=O)NC1CCN(c2cc(C(F)(F)F)ncc2N)CC1. The zero-order valence-corrected chi connectivity index (χ0v) is 11.6. The summed E-state index contributed by atoms with van der Waals surface area (Å²) in [5.41, 5.74) is 5.36. The number of alkyl halides is 3. The highest BCUT2D eigenvalue weighted by molar-refractivity contribution is 5.73. The molecule has 116 valence electrons. The van der Waals surface area contributed by atoms with Crippen LogP contribution in [0.3, 0.4) is 0 Å². The Morgan fingerprint density at radius 1 is 1.43 bits per heavy atom. The zero-order valence-electron chi connectivity index (χ0n) is 11.6. The van der Waals surface area contributed by atoms with E-state index in [2.05, 4.69) is 10.3 Å². The summed E-state index contributed by atoms with van der Waals surface area (Å²) in [5, 5.41) is 2.81. The topological polar surface area (TPSA) is 71.2 Å². The Bertz CT molecular complexity index is 525. The first-order valence-corrected chi connectivity index (χ1v) is 6.62. The molecule has 0 atom stereocenters. The molecule has 2 rings (SSSR count). The van der Waals surface area contributed by atoms with Gasteiger partial charge in [0.1, 0.15) is 5.69 Å². The van der Waals surface area contributed by atoms with Crippen molar-refractivity contribution < 1.29 is 18.0 Å². The average molecular weight is 302 g/mol. The molecule has 0 unspecified atom stereocenters. The number of nitrogens with one attached hydrogen (secondary N) is 1. The molecule has 21 heavy (non-hydrogen) atoms. The van der Waals surface area contributed by atoms with Crippen molar-refractivity contribution >= 4 is 17.3 Å². The molecule has 0 saturated carbocycles. The Morgan fingerprint density at radius 3 is 2.57 bits per heavy atom. The lowest BCUT2D eigenvalue weighted by atomic mass is 10.0. The van der Waals surface area contributed by atoms with E-state index in [0.717, 1.165) is 12.3 Å². The Hall–Kier alpha value is -1.99. The molecule has 5 nitrogen and oxygen atoms in total. The van der Waals surface area contributed by atoms with E-state index in [1.807, 2.05) is 0 Å². The number of nitrogens with two attached hydrogens (primary N) is 1. The maximum Gasteiger partial charge on any atom is 0.433 e. The quantitative estimate of drug-likeness (QED) is 0.873. The number of nitrogens with zero attached hydrogens (tertiary/aromatic N) is 2. The van der Waals surface area contributed by atoms with Crippen LogP contribution in [0.25, 0.3) is 0 Å². The van der Waals surface area contributed by atoms with Crippen LogP contribution in [-0.2, 0) is 11.0 Å². The minimum absolute atomic E-state index is 0.0592. The van der Waals surface area contributed by atoms with Crippen molar-refractivity contribution in [3.8, 4) is 0 Å². The summed E-state index contributed by atoms with van der Waals surface area (Å²) >= 11 is 0. The van der Waals surface area contributed by atoms with Crippen LogP contribution < -0.4 is 16.0 Å². The van der Waals surface area contributed by atoms with Crippen molar-refractivity contribution in [1.82, 2.24) is 10.3 Å². The Kier molecular flexibility index (Phi) is 4.24. The van der Waals surface area contributed by atoms with Gasteiger partial charge < -0.3 is 16.0 Å². The Balaban J connectivity index is 2.11. The molecule has 1 aliphatic rings. The van der Waals surface area contributed by atoms with Crippen LogP contribution in [0.2, 0.25) is 0 Å². The van der Waals surface area contributed by atoms with Crippen LogP contribution in [0, 0.1) is 0 Å². The number of rotatable bonds is 2. The number of pyridine rings is 1. The number of halogens is 3. The van der Waals surface area contributed by atoms with Crippen LogP contribution >= 0.6 is 0 Å². The van der Waals surface area contributed by atoms with E-state index in [9.17, 15) is 18.0 Å². The van der Waals surface area contributed by atoms with Gasteiger partial charge in [-0.25, -0.2) is 4.98 Å². The monoisotopic (exact) mass is 302 g/mol. The van der Waals surface area contributed by atoms with E-state index in [1.54, 1.807) is 4.90 Å². The van der Waals surface area contributed by atoms with Gasteiger partial charge in [-0.3, -0.25) is 4.79 Å². The summed E-state index contributed by atoms with van der Waals surface area (Å²) < 4.78 is 38.1. The summed E-state index contributed by atoms with van der Waals surface area (Å²) in [6, 6.07) is 1.04. The molecule has 1 aromatic rings. The van der Waals surface area contributed by atoms with E-state index in [1.165, 1.54) is 6.92 Å². The summed E-state index contributed by atoms with van der Waals surface area (Å²) in [6.07, 6.45) is -2.11. The summed E-state index contributed by atoms with van der Waals surface area (Å²) in [5.74, 6) is -0.101. The molecule has 0 radical (unpaired) electrons. The fraction of sp³-hybridized carbons (Fsp3) is 0.538. The molecule has 2 heterocycles. The molecule has 1 aliphatic heterocycles. The lowest BCUT2D eigenvalue weighted by Crippen LogP contribution is -2.44. The highest BCUT2D eigenvalue weighted by atomic mass is 19.4. The minimum Gasteiger partial charge on any atom is -0.396 e. The number of nitrogen functional groups attached to an aromatic ring is 1. The molecule has 1 amide bonds. The number of anilines is 2. The van der Waals surface area contributed by atoms with E-state index in [0.29, 0.717) is 31.6 Å². The first kappa shape index (κ1) is 15.4. The van der Waals surface area contributed by atoms with Gasteiger partial charge in [-0.1, -0.05) is 0 Å². The Labute approximate surface area is 120 Å². The van der Waals surface area contributed by atoms with Crippen LogP contribution in [-0.4, -0.2) is 30.0 Å². The predicted molar refractivity (Wildman–Crippen MR) is 72.7 cm³/mol. The van der Waals surface area contributed by atoms with E-state index >= 15 is 0 Å². The summed E-state index contributed by atoms with van der Waals surface area (Å²) in [6.45, 7) is 2.52. The smallest absolute Gasteiger partial charge is 0.396 e. The number of carbonyl (C=O) groups is 1. The predicted octanol–water partition coefficient (Wildman–Crippen LogP) is 1.79. The van der Waals surface area contributed by atoms with Gasteiger partial charge in [0, 0.05) is 26.1 Å². The molecule has 0 bridgehead atoms. The molecule has 1 saturated heterocycles. The summed E-state index contributed by atoms with van der Waals surface area (Å²) in [4.78, 5) is 16.1. The molecule has 1 fully saturated rings. The maximum absolute atomic E-state index is 12.7. The number of carbonyl (C=O) groups excluding carboxylic acids is 1. The zero-order chi connectivity index (χ0) is 15.6. The van der Waals surface area contributed by atoms with Crippen LogP contribution in [0.5, 0.6) is 0 Å². The van der Waals surface area contributed by atoms with E-state index in [4.69, 9.17) is 5.73 Å². The standard InChI is InChI=1S/C13H17F3N4O/c1-8(21)19-9-2-4-20(5-3-9)11-6-12(13(14,15)16)18-7-10(11)17/h6-7,9H,2-5,17H2,1H3,(H,19,21). The van der Waals surface area contributed by atoms with Gasteiger partial charge in [0.25, 0.3) is 0 Å². The van der Waals surface area contributed by atoms with Crippen LogP contribution in [0.4, 0.5) is 24.5 Å². The fourth-order valence-corrected chi connectivity index (χ4v) is 2.44. The second-order valence-electron chi connectivity index (χ2n) is 5.09. The van der Waals surface area contributed by atoms with Crippen molar-refractivity contribution in [3.05, 3.63) is 18.0 Å². The molecular formula is C13H17F3N4O. The number of amides is 1. The van der Waals surface area contributed by atoms with Crippen LogP contribution in [0.1, 0.15) is 25.5 Å². The second kappa shape index (κ2) is 5.79. The lowest BCUT2D eigenvalue weighted by molar-refractivity contribution is -0.141. The minimum atomic E-state index is -4.49. The van der Waals surface area contributed by atoms with Crippen molar-refractivity contribution in [1.29, 1.82) is 0 Å². The third-order valence-electron chi connectivity index (χ3n) is 3.45. The van der Waals surface area contributed by atoms with Gasteiger partial charge in [-0.15, -0.1) is 0 Å². The third kappa shape index (κ3) is 3.77. The highest BCUT2D eigenvalue weighted by Crippen LogP contribution is 2.33. The van der Waals surface area contributed by atoms with Crippen LogP contribution in [0.15, 0.2) is 12.3 Å². The van der Waals surface area contributed by atoms with Crippen molar-refractivity contribution in [3.63, 3.8) is 0 Å². The first-order chi connectivity index (χ1) is 9.77. The Morgan fingerprint density at radius 2 is 2.05 bits per heavy atom. The molecule has 1 aromatic heterocycles. The van der Waals surface area contributed by atoms with Gasteiger partial charge in [0.2, 0.25) is 5.91 Å². The second-order valence-corrected chi connectivity index (χ2v) is 5.09. The fourth-order valence-electron chi connectivity index (χ4n) is 2.44. The molecule has 0 spiro atoms. The number of hydrogen-bond donors (Lipinski definition) is 2. The largest absolute Gasteiger partial charge is 0.433 e. The molecule has 0 aromatic carbocycles. The highest BCUT2D eigenvalue weighted by Gasteiger charge is 2.33. The van der Waals surface area contributed by atoms with Gasteiger partial charge >= 0.3 is 6.18 Å². The first-order valence-electron chi connectivity index (χ1n) is 6.62.